The molecule has 0 atom stereocenters. The van der Waals surface area contributed by atoms with Crippen LogP contribution in [-0.4, -0.2) is 27.1 Å². The van der Waals surface area contributed by atoms with Crippen molar-refractivity contribution in [1.82, 2.24) is 0 Å². The van der Waals surface area contributed by atoms with Gasteiger partial charge >= 0.3 is 12.2 Å². The van der Waals surface area contributed by atoms with Crippen molar-refractivity contribution in [2.75, 3.05) is 6.61 Å². The molecule has 7 heteroatoms. The molecule has 0 aromatic heterocycles. The van der Waals surface area contributed by atoms with Crippen LogP contribution >= 0.6 is 0 Å². The number of amides is 2. The average Bonchev–Trinajstić information content (AvgIpc) is 2.39. The van der Waals surface area contributed by atoms with Crippen LogP contribution in [-0.2, 0) is 9.16 Å². The van der Waals surface area contributed by atoms with Gasteiger partial charge in [0.15, 0.2) is 0 Å². The van der Waals surface area contributed by atoms with Gasteiger partial charge in [-0.25, -0.2) is 9.59 Å². The maximum absolute atomic E-state index is 12.2. The van der Waals surface area contributed by atoms with Crippen LogP contribution < -0.4 is 0 Å². The Labute approximate surface area is 153 Å². The molecule has 2 amide bonds. The summed E-state index contributed by atoms with van der Waals surface area (Å²) in [5.74, 6) is 1.51. The summed E-state index contributed by atoms with van der Waals surface area (Å²) >= 11 is 0. The second-order valence-electron chi connectivity index (χ2n) is 8.52. The fraction of sp³-hybridized carbons (Fsp3) is 0.889. The minimum absolute atomic E-state index is 0.203. The smallest absolute Gasteiger partial charge is 0.452 e. The van der Waals surface area contributed by atoms with Crippen molar-refractivity contribution >= 4 is 20.5 Å². The minimum Gasteiger partial charge on any atom is -0.501 e. The van der Waals surface area contributed by atoms with Crippen LogP contribution in [0.15, 0.2) is 10.2 Å². The molecule has 0 saturated heterocycles. The highest BCUT2D eigenvalue weighted by Crippen LogP contribution is 2.33. The molecule has 25 heavy (non-hydrogen) atoms. The number of carbonyl (C=O) groups is 2. The first-order valence-electron chi connectivity index (χ1n) is 9.27. The van der Waals surface area contributed by atoms with Gasteiger partial charge in [-0.1, -0.05) is 65.6 Å². The van der Waals surface area contributed by atoms with Gasteiger partial charge in [0.05, 0.1) is 6.61 Å². The molecule has 0 heterocycles. The van der Waals surface area contributed by atoms with Gasteiger partial charge in [0.2, 0.25) is 0 Å². The van der Waals surface area contributed by atoms with Crippen LogP contribution in [0.4, 0.5) is 9.59 Å². The van der Waals surface area contributed by atoms with Gasteiger partial charge in [-0.3, -0.25) is 0 Å². The first-order valence-corrected chi connectivity index (χ1v) is 11.8. The van der Waals surface area contributed by atoms with E-state index < -0.39 is 20.5 Å². The van der Waals surface area contributed by atoms with Gasteiger partial charge in [-0.15, -0.1) is 0 Å². The van der Waals surface area contributed by atoms with Crippen LogP contribution in [0.25, 0.3) is 0 Å². The van der Waals surface area contributed by atoms with Gasteiger partial charge in [0.1, 0.15) is 0 Å². The minimum atomic E-state index is -2.31. The molecule has 0 fully saturated rings. The Balaban J connectivity index is 5.07. The highest BCUT2D eigenvalue weighted by atomic mass is 28.4. The number of azo groups is 1. The molecule has 0 unspecified atom stereocenters. The third-order valence-corrected chi connectivity index (χ3v) is 8.69. The van der Waals surface area contributed by atoms with Crippen LogP contribution in [0, 0.1) is 23.7 Å². The van der Waals surface area contributed by atoms with E-state index in [9.17, 15) is 9.59 Å². The fourth-order valence-corrected chi connectivity index (χ4v) is 8.79. The number of nitrogens with zero attached hydrogens (tertiary/aromatic N) is 2. The third-order valence-electron chi connectivity index (χ3n) is 3.40. The quantitative estimate of drug-likeness (QED) is 0.352. The van der Waals surface area contributed by atoms with E-state index in [1.807, 2.05) is 13.8 Å². The third kappa shape index (κ3) is 11.9. The van der Waals surface area contributed by atoms with E-state index in [0.29, 0.717) is 17.8 Å². The number of carbonyl (C=O) groups excluding carboxylic acids is 2. The molecule has 0 aliphatic carbocycles. The van der Waals surface area contributed by atoms with Crippen molar-refractivity contribution in [2.45, 2.75) is 73.5 Å². The molecular formula is C18H36N2O4Si. The predicted octanol–water partition coefficient (Wildman–Crippen LogP) is 6.28. The maximum atomic E-state index is 12.2. The molecule has 0 saturated carbocycles. The number of hydrogen-bond acceptors (Lipinski definition) is 4. The number of rotatable bonds is 9. The highest BCUT2D eigenvalue weighted by molar-refractivity contribution is 6.75. The fourth-order valence-electron chi connectivity index (χ4n) is 3.16. The zero-order valence-electron chi connectivity index (χ0n) is 17.2. The summed E-state index contributed by atoms with van der Waals surface area (Å²) in [6.07, 6.45) is -1.62. The lowest BCUT2D eigenvalue weighted by Crippen LogP contribution is -2.43. The van der Waals surface area contributed by atoms with Crippen molar-refractivity contribution in [3.05, 3.63) is 0 Å². The van der Waals surface area contributed by atoms with Gasteiger partial charge in [-0.2, -0.15) is 0 Å². The summed E-state index contributed by atoms with van der Waals surface area (Å²) < 4.78 is 10.8. The van der Waals surface area contributed by atoms with E-state index >= 15 is 0 Å². The van der Waals surface area contributed by atoms with E-state index in [4.69, 9.17) is 9.16 Å². The normalized spacial score (nSPS) is 12.6. The van der Waals surface area contributed by atoms with E-state index in [1.54, 1.807) is 0 Å². The summed E-state index contributed by atoms with van der Waals surface area (Å²) in [4.78, 5) is 23.7. The Morgan fingerprint density at radius 2 is 1.12 bits per heavy atom. The highest BCUT2D eigenvalue weighted by Gasteiger charge is 2.40. The van der Waals surface area contributed by atoms with Gasteiger partial charge in [0.25, 0.3) is 8.32 Å². The number of ether oxygens (including phenoxy) is 1. The Bertz CT molecular complexity index is 422. The molecule has 0 aliphatic rings. The maximum Gasteiger partial charge on any atom is 0.452 e. The van der Waals surface area contributed by atoms with Gasteiger partial charge in [-0.05, 0) is 41.8 Å². The summed E-state index contributed by atoms with van der Waals surface area (Å²) in [6, 6.07) is 2.67. The second-order valence-corrected chi connectivity index (χ2v) is 12.3. The predicted molar refractivity (Wildman–Crippen MR) is 102 cm³/mol. The lowest BCUT2D eigenvalue weighted by molar-refractivity contribution is 0.140. The van der Waals surface area contributed by atoms with Crippen molar-refractivity contribution in [3.8, 4) is 0 Å². The Hall–Kier alpha value is -1.24. The standard InChI is InChI=1S/C18H36N2O4Si/c1-13(2)9-23-17(21)19-20-18(22)24-25(10-14(3)4,11-15(5)6)12-16(7)8/h13-16H,9-12H2,1-8H3/b20-19+. The van der Waals surface area contributed by atoms with E-state index in [2.05, 4.69) is 51.8 Å². The second kappa shape index (κ2) is 11.4. The largest absolute Gasteiger partial charge is 0.501 e. The van der Waals surface area contributed by atoms with Crippen molar-refractivity contribution < 1.29 is 18.8 Å². The Morgan fingerprint density at radius 3 is 1.48 bits per heavy atom. The van der Waals surface area contributed by atoms with E-state index in [1.165, 1.54) is 0 Å². The monoisotopic (exact) mass is 372 g/mol. The molecule has 146 valence electrons. The summed E-state index contributed by atoms with van der Waals surface area (Å²) in [7, 11) is -2.31. The molecule has 0 aliphatic heterocycles. The Morgan fingerprint density at radius 1 is 0.720 bits per heavy atom. The molecule has 0 radical (unpaired) electrons. The van der Waals surface area contributed by atoms with Crippen LogP contribution in [0.1, 0.15) is 55.4 Å². The average molecular weight is 373 g/mol. The molecule has 6 nitrogen and oxygen atoms in total. The SMILES string of the molecule is CC(C)COC(=O)/N=N/C(=O)O[Si](CC(C)C)(CC(C)C)CC(C)C. The molecule has 0 bridgehead atoms. The van der Waals surface area contributed by atoms with Crippen molar-refractivity contribution in [3.63, 3.8) is 0 Å². The van der Waals surface area contributed by atoms with Crippen LogP contribution in [0.2, 0.25) is 18.1 Å². The zero-order chi connectivity index (χ0) is 19.6. The van der Waals surface area contributed by atoms with Gasteiger partial charge in [0, 0.05) is 0 Å². The topological polar surface area (TPSA) is 77.3 Å². The summed E-state index contributed by atoms with van der Waals surface area (Å²) in [5.41, 5.74) is 0. The molecule has 0 spiro atoms. The molecule has 0 aromatic rings. The van der Waals surface area contributed by atoms with E-state index in [-0.39, 0.29) is 12.5 Å². The van der Waals surface area contributed by atoms with Crippen LogP contribution in [0.5, 0.6) is 0 Å². The van der Waals surface area contributed by atoms with Crippen LogP contribution in [0.3, 0.4) is 0 Å². The molecule has 0 rings (SSSR count). The summed E-state index contributed by atoms with van der Waals surface area (Å²) in [6.45, 7) is 16.9. The molecule has 0 N–H and O–H groups in total. The Kier molecular flexibility index (Phi) is 10.8. The van der Waals surface area contributed by atoms with Crippen molar-refractivity contribution in [2.24, 2.45) is 33.9 Å². The first-order chi connectivity index (χ1) is 11.5. The number of hydrogen-bond donors (Lipinski definition) is 0. The molecule has 0 aromatic carbocycles. The van der Waals surface area contributed by atoms with Crippen molar-refractivity contribution in [1.29, 1.82) is 0 Å². The lowest BCUT2D eigenvalue weighted by Gasteiger charge is -2.34. The molecular weight excluding hydrogens is 336 g/mol. The lowest BCUT2D eigenvalue weighted by atomic mass is 10.2. The first kappa shape index (κ1) is 23.8. The van der Waals surface area contributed by atoms with E-state index in [0.717, 1.165) is 18.1 Å². The summed E-state index contributed by atoms with van der Waals surface area (Å²) in [5, 5.41) is 6.76. The van der Waals surface area contributed by atoms with Gasteiger partial charge < -0.3 is 9.16 Å². The zero-order valence-corrected chi connectivity index (χ0v) is 18.2.